The van der Waals surface area contributed by atoms with Gasteiger partial charge in [0.25, 0.3) is 0 Å². The fourth-order valence-electron chi connectivity index (χ4n) is 4.12. The predicted molar refractivity (Wildman–Crippen MR) is 175 cm³/mol. The molecule has 0 radical (unpaired) electrons. The molecule has 0 spiro atoms. The number of hydrogen-bond acceptors (Lipinski definition) is 9. The SMILES string of the molecule is CC(C)(C)OC(=O)NCCC(=O)Oc1ccc(N=C(NC(=O)OCc2ccccc2)NC(=O)OCc2ccccc2)c2ccccc12. The van der Waals surface area contributed by atoms with Crippen LogP contribution >= 0.6 is 0 Å². The normalized spacial score (nSPS) is 10.7. The molecule has 0 aromatic heterocycles. The number of guanidine groups is 1. The van der Waals surface area contributed by atoms with E-state index in [-0.39, 0.29) is 37.9 Å². The second-order valence-corrected chi connectivity index (χ2v) is 11.1. The summed E-state index contributed by atoms with van der Waals surface area (Å²) >= 11 is 0. The molecule has 0 atom stereocenters. The van der Waals surface area contributed by atoms with Crippen LogP contribution in [0.3, 0.4) is 0 Å². The van der Waals surface area contributed by atoms with Gasteiger partial charge in [0.2, 0.25) is 5.96 Å². The number of nitrogens with one attached hydrogen (secondary N) is 3. The molecule has 4 aromatic rings. The van der Waals surface area contributed by atoms with Gasteiger partial charge in [-0.1, -0.05) is 84.9 Å². The van der Waals surface area contributed by atoms with Gasteiger partial charge in [0, 0.05) is 17.3 Å². The van der Waals surface area contributed by atoms with Gasteiger partial charge < -0.3 is 24.3 Å². The number of nitrogens with zero attached hydrogens (tertiary/aromatic N) is 1. The monoisotopic (exact) mass is 640 g/mol. The van der Waals surface area contributed by atoms with Crippen LogP contribution in [0, 0.1) is 0 Å². The Morgan fingerprint density at radius 1 is 0.660 bits per heavy atom. The fourth-order valence-corrected chi connectivity index (χ4v) is 4.12. The molecule has 0 unspecified atom stereocenters. The summed E-state index contributed by atoms with van der Waals surface area (Å²) in [6, 6.07) is 28.3. The van der Waals surface area contributed by atoms with Crippen LogP contribution in [0.15, 0.2) is 102 Å². The fraction of sp³-hybridized carbons (Fsp3) is 0.229. The average molecular weight is 641 g/mol. The van der Waals surface area contributed by atoms with Gasteiger partial charge in [-0.15, -0.1) is 0 Å². The molecule has 244 valence electrons. The number of carbonyl (C=O) groups excluding carboxylic acids is 4. The first-order chi connectivity index (χ1) is 22.6. The molecule has 47 heavy (non-hydrogen) atoms. The van der Waals surface area contributed by atoms with Crippen molar-refractivity contribution in [2.75, 3.05) is 6.54 Å². The number of hydrogen-bond donors (Lipinski definition) is 3. The predicted octanol–water partition coefficient (Wildman–Crippen LogP) is 6.50. The summed E-state index contributed by atoms with van der Waals surface area (Å²) in [4.78, 5) is 54.4. The molecule has 0 aliphatic carbocycles. The van der Waals surface area contributed by atoms with Crippen molar-refractivity contribution in [1.29, 1.82) is 0 Å². The highest BCUT2D eigenvalue weighted by Gasteiger charge is 2.18. The Labute approximate surface area is 272 Å². The lowest BCUT2D eigenvalue weighted by Gasteiger charge is -2.19. The zero-order chi connectivity index (χ0) is 33.6. The molecular formula is C35H36N4O8. The highest BCUT2D eigenvalue weighted by molar-refractivity contribution is 6.05. The van der Waals surface area contributed by atoms with Crippen LogP contribution in [0.5, 0.6) is 5.75 Å². The van der Waals surface area contributed by atoms with Crippen LogP contribution in [0.2, 0.25) is 0 Å². The summed E-state index contributed by atoms with van der Waals surface area (Å²) in [6.07, 6.45) is -2.44. The van der Waals surface area contributed by atoms with Crippen molar-refractivity contribution in [3.63, 3.8) is 0 Å². The van der Waals surface area contributed by atoms with Crippen molar-refractivity contribution in [3.8, 4) is 5.75 Å². The number of esters is 1. The van der Waals surface area contributed by atoms with Crippen molar-refractivity contribution in [1.82, 2.24) is 16.0 Å². The maximum atomic E-state index is 12.7. The van der Waals surface area contributed by atoms with E-state index in [0.29, 0.717) is 16.5 Å². The minimum Gasteiger partial charge on any atom is -0.444 e. The molecular weight excluding hydrogens is 604 g/mol. The summed E-state index contributed by atoms with van der Waals surface area (Å²) < 4.78 is 21.4. The molecule has 0 aliphatic heterocycles. The molecule has 0 aliphatic rings. The van der Waals surface area contributed by atoms with Crippen molar-refractivity contribution in [3.05, 3.63) is 108 Å². The van der Waals surface area contributed by atoms with Crippen molar-refractivity contribution < 1.29 is 38.1 Å². The zero-order valence-corrected chi connectivity index (χ0v) is 26.3. The lowest BCUT2D eigenvalue weighted by Crippen LogP contribution is -2.44. The van der Waals surface area contributed by atoms with Crippen LogP contribution in [0.1, 0.15) is 38.3 Å². The van der Waals surface area contributed by atoms with Crippen molar-refractivity contribution in [2.45, 2.75) is 46.0 Å². The Morgan fingerprint density at radius 2 is 1.19 bits per heavy atom. The quantitative estimate of drug-likeness (QED) is 0.0616. The Hall–Kier alpha value is -5.91. The number of aliphatic imine (C=N–C) groups is 1. The Morgan fingerprint density at radius 3 is 1.74 bits per heavy atom. The van der Waals surface area contributed by atoms with Crippen LogP contribution in [-0.4, -0.2) is 42.4 Å². The second kappa shape index (κ2) is 16.4. The summed E-state index contributed by atoms with van der Waals surface area (Å²) in [7, 11) is 0. The Kier molecular flexibility index (Phi) is 11.9. The zero-order valence-electron chi connectivity index (χ0n) is 26.3. The smallest absolute Gasteiger partial charge is 0.414 e. The Balaban J connectivity index is 1.49. The van der Waals surface area contributed by atoms with Gasteiger partial charge in [-0.3, -0.25) is 15.4 Å². The molecule has 3 N–H and O–H groups in total. The van der Waals surface area contributed by atoms with Gasteiger partial charge in [0.15, 0.2) is 0 Å². The number of amides is 3. The first-order valence-electron chi connectivity index (χ1n) is 14.8. The maximum absolute atomic E-state index is 12.7. The van der Waals surface area contributed by atoms with Gasteiger partial charge >= 0.3 is 24.2 Å². The highest BCUT2D eigenvalue weighted by atomic mass is 16.6. The van der Waals surface area contributed by atoms with E-state index < -0.39 is 29.9 Å². The summed E-state index contributed by atoms with van der Waals surface area (Å²) in [5, 5.41) is 8.56. The van der Waals surface area contributed by atoms with Crippen LogP contribution in [-0.2, 0) is 32.2 Å². The van der Waals surface area contributed by atoms with E-state index in [1.807, 2.05) is 36.4 Å². The topological polar surface area (TPSA) is 154 Å². The van der Waals surface area contributed by atoms with E-state index >= 15 is 0 Å². The highest BCUT2D eigenvalue weighted by Crippen LogP contribution is 2.33. The van der Waals surface area contributed by atoms with Crippen molar-refractivity contribution in [2.24, 2.45) is 4.99 Å². The number of carbonyl (C=O) groups is 4. The average Bonchev–Trinajstić information content (AvgIpc) is 3.04. The molecule has 12 heteroatoms. The number of benzene rings is 4. The number of ether oxygens (including phenoxy) is 4. The minimum atomic E-state index is -0.856. The molecule has 0 fully saturated rings. The number of rotatable bonds is 9. The second-order valence-electron chi connectivity index (χ2n) is 11.1. The van der Waals surface area contributed by atoms with E-state index in [1.165, 1.54) is 0 Å². The largest absolute Gasteiger partial charge is 0.444 e. The van der Waals surface area contributed by atoms with E-state index in [4.69, 9.17) is 18.9 Å². The Bertz CT molecular complexity index is 1660. The third kappa shape index (κ3) is 11.5. The molecule has 0 heterocycles. The molecule has 3 amide bonds. The minimum absolute atomic E-state index is 0.00526. The lowest BCUT2D eigenvalue weighted by atomic mass is 10.1. The van der Waals surface area contributed by atoms with Crippen LogP contribution in [0.4, 0.5) is 20.1 Å². The van der Waals surface area contributed by atoms with E-state index in [9.17, 15) is 19.2 Å². The molecule has 4 rings (SSSR count). The number of fused-ring (bicyclic) bond motifs is 1. The molecule has 4 aromatic carbocycles. The molecule has 0 saturated carbocycles. The van der Waals surface area contributed by atoms with E-state index in [2.05, 4.69) is 20.9 Å². The van der Waals surface area contributed by atoms with Gasteiger partial charge in [0.1, 0.15) is 24.6 Å². The summed E-state index contributed by atoms with van der Waals surface area (Å²) in [5.41, 5.74) is 1.22. The van der Waals surface area contributed by atoms with Crippen LogP contribution < -0.4 is 20.7 Å². The summed E-state index contributed by atoms with van der Waals surface area (Å²) in [6.45, 7) is 5.23. The summed E-state index contributed by atoms with van der Waals surface area (Å²) in [5.74, 6) is -0.563. The molecule has 0 bridgehead atoms. The van der Waals surface area contributed by atoms with Crippen molar-refractivity contribution >= 4 is 46.7 Å². The standard InChI is InChI=1S/C35H36N4O8/c1-35(2,3)47-32(41)36-21-20-30(40)46-29-19-18-28(26-16-10-11-17-27(26)29)37-31(38-33(42)44-22-24-12-6-4-7-13-24)39-34(43)45-23-25-14-8-5-9-15-25/h4-19H,20-23H2,1-3H3,(H,36,41)(H2,37,38,39,42,43). The lowest BCUT2D eigenvalue weighted by molar-refractivity contribution is -0.134. The molecule has 0 saturated heterocycles. The third-order valence-electron chi connectivity index (χ3n) is 6.18. The van der Waals surface area contributed by atoms with E-state index in [0.717, 1.165) is 11.1 Å². The van der Waals surface area contributed by atoms with Gasteiger partial charge in [0.05, 0.1) is 12.1 Å². The maximum Gasteiger partial charge on any atom is 0.414 e. The molecule has 12 nitrogen and oxygen atoms in total. The number of alkyl carbamates (subject to hydrolysis) is 3. The van der Waals surface area contributed by atoms with Gasteiger partial charge in [-0.25, -0.2) is 19.4 Å². The first kappa shape index (κ1) is 34.0. The first-order valence-corrected chi connectivity index (χ1v) is 14.8. The van der Waals surface area contributed by atoms with Gasteiger partial charge in [-0.2, -0.15) is 0 Å². The van der Waals surface area contributed by atoms with E-state index in [1.54, 1.807) is 81.4 Å². The third-order valence-corrected chi connectivity index (χ3v) is 6.18. The van der Waals surface area contributed by atoms with Gasteiger partial charge in [-0.05, 0) is 44.0 Å². The van der Waals surface area contributed by atoms with Crippen LogP contribution in [0.25, 0.3) is 10.8 Å².